The molecule has 102 valence electrons. The number of rotatable bonds is 1. The number of benzene rings is 1. The van der Waals surface area contributed by atoms with Gasteiger partial charge in [0.2, 0.25) is 0 Å². The zero-order chi connectivity index (χ0) is 13.5. The van der Waals surface area contributed by atoms with Crippen LogP contribution >= 0.6 is 12.2 Å². The van der Waals surface area contributed by atoms with Gasteiger partial charge in [-0.3, -0.25) is 0 Å². The van der Waals surface area contributed by atoms with Gasteiger partial charge in [0.05, 0.1) is 6.04 Å². The lowest BCUT2D eigenvalue weighted by Crippen LogP contribution is -2.44. The maximum Gasteiger partial charge on any atom is 0.171 e. The second kappa shape index (κ2) is 4.63. The van der Waals surface area contributed by atoms with E-state index in [2.05, 4.69) is 46.1 Å². The summed E-state index contributed by atoms with van der Waals surface area (Å²) in [5.41, 5.74) is 5.32. The van der Waals surface area contributed by atoms with Gasteiger partial charge in [-0.05, 0) is 49.5 Å². The highest BCUT2D eigenvalue weighted by Gasteiger charge is 2.29. The number of hydrogen-bond donors (Lipinski definition) is 3. The molecular formula is C16H17N3S. The molecule has 0 amide bonds. The van der Waals surface area contributed by atoms with E-state index in [0.717, 1.165) is 18.0 Å². The van der Waals surface area contributed by atoms with Gasteiger partial charge in [0.25, 0.3) is 0 Å². The van der Waals surface area contributed by atoms with Crippen LogP contribution in [-0.2, 0) is 0 Å². The molecule has 20 heavy (non-hydrogen) atoms. The summed E-state index contributed by atoms with van der Waals surface area (Å²) in [6, 6.07) is 8.67. The molecule has 0 radical (unpaired) electrons. The van der Waals surface area contributed by atoms with Crippen molar-refractivity contribution in [2.24, 2.45) is 0 Å². The molecule has 2 aromatic rings. The highest BCUT2D eigenvalue weighted by atomic mass is 32.1. The van der Waals surface area contributed by atoms with Crippen molar-refractivity contribution in [3.05, 3.63) is 47.3 Å². The number of H-pyrrole nitrogens is 1. The van der Waals surface area contributed by atoms with E-state index in [0.29, 0.717) is 0 Å². The van der Waals surface area contributed by atoms with Crippen LogP contribution in [0.25, 0.3) is 10.9 Å². The lowest BCUT2D eigenvalue weighted by molar-refractivity contribution is 0.562. The Morgan fingerprint density at radius 2 is 1.95 bits per heavy atom. The van der Waals surface area contributed by atoms with Gasteiger partial charge in [-0.15, -0.1) is 0 Å². The molecule has 2 heterocycles. The van der Waals surface area contributed by atoms with Crippen LogP contribution in [0.3, 0.4) is 0 Å². The number of allylic oxidation sites excluding steroid dienone is 1. The van der Waals surface area contributed by atoms with Crippen LogP contribution in [0.4, 0.5) is 0 Å². The molecule has 0 saturated carbocycles. The van der Waals surface area contributed by atoms with Gasteiger partial charge in [-0.2, -0.15) is 0 Å². The first kappa shape index (κ1) is 12.0. The highest BCUT2D eigenvalue weighted by molar-refractivity contribution is 7.80. The molecule has 0 saturated heterocycles. The molecule has 0 spiro atoms. The Morgan fingerprint density at radius 3 is 2.90 bits per heavy atom. The summed E-state index contributed by atoms with van der Waals surface area (Å²) in [5, 5.41) is 8.84. The molecule has 1 unspecified atom stereocenters. The van der Waals surface area contributed by atoms with Crippen molar-refractivity contribution >= 4 is 28.2 Å². The summed E-state index contributed by atoms with van der Waals surface area (Å²) in [4.78, 5) is 3.37. The summed E-state index contributed by atoms with van der Waals surface area (Å²) in [6.07, 6.45) is 6.93. The summed E-state index contributed by atoms with van der Waals surface area (Å²) in [7, 11) is 0. The van der Waals surface area contributed by atoms with Gasteiger partial charge in [0.1, 0.15) is 0 Å². The molecule has 4 rings (SSSR count). The number of thiocarbonyl (C=S) groups is 1. The molecule has 0 bridgehead atoms. The van der Waals surface area contributed by atoms with E-state index in [1.807, 2.05) is 0 Å². The third-order valence-corrected chi connectivity index (χ3v) is 4.55. The van der Waals surface area contributed by atoms with Crippen LogP contribution < -0.4 is 10.6 Å². The van der Waals surface area contributed by atoms with E-state index in [4.69, 9.17) is 12.2 Å². The summed E-state index contributed by atoms with van der Waals surface area (Å²) < 4.78 is 0. The van der Waals surface area contributed by atoms with Crippen molar-refractivity contribution in [2.45, 2.75) is 31.7 Å². The number of hydrogen-bond acceptors (Lipinski definition) is 1. The maximum absolute atomic E-state index is 5.38. The van der Waals surface area contributed by atoms with Crippen LogP contribution in [0.15, 0.2) is 41.7 Å². The summed E-state index contributed by atoms with van der Waals surface area (Å²) in [5.74, 6) is 0. The molecule has 1 aliphatic carbocycles. The molecule has 1 aliphatic heterocycles. The molecule has 3 nitrogen and oxygen atoms in total. The third kappa shape index (κ3) is 1.83. The zero-order valence-electron chi connectivity index (χ0n) is 11.2. The van der Waals surface area contributed by atoms with Gasteiger partial charge in [0.15, 0.2) is 5.11 Å². The van der Waals surface area contributed by atoms with Crippen molar-refractivity contribution in [1.82, 2.24) is 15.6 Å². The molecule has 1 aromatic carbocycles. The van der Waals surface area contributed by atoms with Crippen molar-refractivity contribution in [3.8, 4) is 0 Å². The quantitative estimate of drug-likeness (QED) is 0.701. The first-order valence-corrected chi connectivity index (χ1v) is 7.59. The fourth-order valence-corrected chi connectivity index (χ4v) is 3.62. The number of nitrogens with one attached hydrogen (secondary N) is 3. The van der Waals surface area contributed by atoms with E-state index >= 15 is 0 Å². The second-order valence-corrected chi connectivity index (χ2v) is 5.94. The zero-order valence-corrected chi connectivity index (χ0v) is 12.0. The average Bonchev–Trinajstić information content (AvgIpc) is 2.90. The minimum Gasteiger partial charge on any atom is -0.361 e. The largest absolute Gasteiger partial charge is 0.361 e. The first-order valence-electron chi connectivity index (χ1n) is 7.18. The van der Waals surface area contributed by atoms with E-state index in [1.54, 1.807) is 0 Å². The second-order valence-electron chi connectivity index (χ2n) is 5.53. The fraction of sp³-hybridized carbons (Fsp3) is 0.312. The van der Waals surface area contributed by atoms with Crippen LogP contribution in [0, 0.1) is 0 Å². The number of para-hydroxylation sites is 1. The Kier molecular flexibility index (Phi) is 2.77. The predicted molar refractivity (Wildman–Crippen MR) is 85.4 cm³/mol. The summed E-state index contributed by atoms with van der Waals surface area (Å²) in [6.45, 7) is 0. The highest BCUT2D eigenvalue weighted by Crippen LogP contribution is 2.37. The fourth-order valence-electron chi connectivity index (χ4n) is 3.38. The van der Waals surface area contributed by atoms with Gasteiger partial charge in [-0.1, -0.05) is 18.2 Å². The van der Waals surface area contributed by atoms with E-state index in [-0.39, 0.29) is 6.04 Å². The Hall–Kier alpha value is -1.81. The van der Waals surface area contributed by atoms with Gasteiger partial charge < -0.3 is 15.6 Å². The maximum atomic E-state index is 5.38. The van der Waals surface area contributed by atoms with Gasteiger partial charge in [0, 0.05) is 28.4 Å². The van der Waals surface area contributed by atoms with Crippen molar-refractivity contribution in [1.29, 1.82) is 0 Å². The Bertz CT molecular complexity index is 713. The number of aromatic nitrogens is 1. The van der Waals surface area contributed by atoms with Crippen molar-refractivity contribution in [2.75, 3.05) is 0 Å². The minimum atomic E-state index is 0.218. The van der Waals surface area contributed by atoms with Gasteiger partial charge >= 0.3 is 0 Å². The van der Waals surface area contributed by atoms with Gasteiger partial charge in [-0.25, -0.2) is 0 Å². The third-order valence-electron chi connectivity index (χ3n) is 4.33. The smallest absolute Gasteiger partial charge is 0.171 e. The van der Waals surface area contributed by atoms with Crippen LogP contribution in [-0.4, -0.2) is 10.1 Å². The van der Waals surface area contributed by atoms with Crippen molar-refractivity contribution < 1.29 is 0 Å². The predicted octanol–water partition coefficient (Wildman–Crippen LogP) is 3.51. The van der Waals surface area contributed by atoms with Crippen LogP contribution in [0.5, 0.6) is 0 Å². The van der Waals surface area contributed by atoms with E-state index in [1.165, 1.54) is 40.6 Å². The van der Waals surface area contributed by atoms with E-state index in [9.17, 15) is 0 Å². The Morgan fingerprint density at radius 1 is 1.10 bits per heavy atom. The molecule has 0 fully saturated rings. The molecule has 2 aliphatic rings. The van der Waals surface area contributed by atoms with E-state index < -0.39 is 0 Å². The first-order chi connectivity index (χ1) is 9.83. The standard InChI is InChI=1S/C16H17N3S/c20-16-18-14-8-4-2-6-11(14)15(19-16)12-9-17-13-7-3-1-5-10(12)13/h1,3,5,7,9,15,17H,2,4,6,8H2,(H2,18,19,20). The van der Waals surface area contributed by atoms with Crippen molar-refractivity contribution in [3.63, 3.8) is 0 Å². The lowest BCUT2D eigenvalue weighted by atomic mass is 9.86. The number of aromatic amines is 1. The van der Waals surface area contributed by atoms with Crippen LogP contribution in [0.2, 0.25) is 0 Å². The minimum absolute atomic E-state index is 0.218. The summed E-state index contributed by atoms with van der Waals surface area (Å²) >= 11 is 5.38. The van der Waals surface area contributed by atoms with Crippen LogP contribution in [0.1, 0.15) is 37.3 Å². The normalized spacial score (nSPS) is 22.4. The topological polar surface area (TPSA) is 39.9 Å². The lowest BCUT2D eigenvalue weighted by Gasteiger charge is -2.34. The SMILES string of the molecule is S=C1NC2=C(CCCC2)C(c2c[nH]c3ccccc23)N1. The molecule has 3 N–H and O–H groups in total. The molecular weight excluding hydrogens is 266 g/mol. The molecule has 1 atom stereocenters. The average molecular weight is 283 g/mol. The molecule has 4 heteroatoms. The number of fused-ring (bicyclic) bond motifs is 1. The monoisotopic (exact) mass is 283 g/mol. The molecule has 1 aromatic heterocycles. The Labute approximate surface area is 123 Å². The Balaban J connectivity index is 1.85.